The molecule has 0 aliphatic heterocycles. The van der Waals surface area contributed by atoms with E-state index in [9.17, 15) is 14.0 Å². The first-order valence-electron chi connectivity index (χ1n) is 6.90. The molecule has 1 unspecified atom stereocenters. The van der Waals surface area contributed by atoms with Crippen LogP contribution in [0.2, 0.25) is 0 Å². The Morgan fingerprint density at radius 1 is 1.38 bits per heavy atom. The number of amides is 2. The van der Waals surface area contributed by atoms with Crippen molar-refractivity contribution in [3.63, 3.8) is 0 Å². The first-order chi connectivity index (χ1) is 9.95. The highest BCUT2D eigenvalue weighted by Crippen LogP contribution is 2.09. The molecule has 0 bridgehead atoms. The van der Waals surface area contributed by atoms with Crippen molar-refractivity contribution in [3.8, 4) is 0 Å². The van der Waals surface area contributed by atoms with Crippen LogP contribution in [0.1, 0.15) is 25.3 Å². The number of benzene rings is 1. The number of nitrogens with one attached hydrogen (secondary N) is 1. The standard InChI is InChI=1S/C15H21FN2O3/c1-3-6-11(14(19)20)9-17-15(21)18(2)10-12-7-4-5-8-13(12)16/h4-5,7-8,11H,3,6,9-10H2,1-2H3,(H,17,21)(H,19,20). The molecule has 2 amide bonds. The van der Waals surface area contributed by atoms with Gasteiger partial charge in [0.25, 0.3) is 0 Å². The number of hydrogen-bond donors (Lipinski definition) is 2. The van der Waals surface area contributed by atoms with E-state index in [-0.39, 0.29) is 18.9 Å². The third-order valence-corrected chi connectivity index (χ3v) is 3.20. The van der Waals surface area contributed by atoms with Gasteiger partial charge in [-0.2, -0.15) is 0 Å². The molecule has 0 radical (unpaired) electrons. The average molecular weight is 296 g/mol. The van der Waals surface area contributed by atoms with Crippen LogP contribution in [0.4, 0.5) is 9.18 Å². The zero-order valence-corrected chi connectivity index (χ0v) is 12.3. The van der Waals surface area contributed by atoms with Gasteiger partial charge in [-0.25, -0.2) is 9.18 Å². The van der Waals surface area contributed by atoms with E-state index >= 15 is 0 Å². The van der Waals surface area contributed by atoms with Crippen LogP contribution in [0.3, 0.4) is 0 Å². The zero-order chi connectivity index (χ0) is 15.8. The Bertz CT molecular complexity index is 494. The lowest BCUT2D eigenvalue weighted by Gasteiger charge is -2.20. The Morgan fingerprint density at radius 2 is 2.05 bits per heavy atom. The molecule has 6 heteroatoms. The van der Waals surface area contributed by atoms with Crippen molar-refractivity contribution in [2.45, 2.75) is 26.3 Å². The summed E-state index contributed by atoms with van der Waals surface area (Å²) in [5, 5.41) is 11.6. The summed E-state index contributed by atoms with van der Waals surface area (Å²) in [7, 11) is 1.54. The highest BCUT2D eigenvalue weighted by atomic mass is 19.1. The molecule has 1 rings (SSSR count). The molecule has 2 N–H and O–H groups in total. The van der Waals surface area contributed by atoms with E-state index in [0.29, 0.717) is 12.0 Å². The van der Waals surface area contributed by atoms with Crippen LogP contribution >= 0.6 is 0 Å². The monoisotopic (exact) mass is 296 g/mol. The summed E-state index contributed by atoms with van der Waals surface area (Å²) < 4.78 is 13.5. The fraction of sp³-hybridized carbons (Fsp3) is 0.467. The third-order valence-electron chi connectivity index (χ3n) is 3.20. The van der Waals surface area contributed by atoms with Gasteiger partial charge in [0.2, 0.25) is 0 Å². The van der Waals surface area contributed by atoms with Gasteiger partial charge in [-0.3, -0.25) is 4.79 Å². The molecule has 116 valence electrons. The van der Waals surface area contributed by atoms with Gasteiger partial charge in [0, 0.05) is 25.7 Å². The molecule has 0 aliphatic rings. The van der Waals surface area contributed by atoms with Gasteiger partial charge in [0.15, 0.2) is 0 Å². The maximum atomic E-state index is 13.5. The molecule has 21 heavy (non-hydrogen) atoms. The fourth-order valence-electron chi connectivity index (χ4n) is 1.96. The van der Waals surface area contributed by atoms with E-state index in [0.717, 1.165) is 6.42 Å². The molecule has 1 aromatic carbocycles. The van der Waals surface area contributed by atoms with Crippen molar-refractivity contribution in [1.29, 1.82) is 0 Å². The van der Waals surface area contributed by atoms with Crippen molar-refractivity contribution < 1.29 is 19.1 Å². The smallest absolute Gasteiger partial charge is 0.317 e. The van der Waals surface area contributed by atoms with Crippen molar-refractivity contribution in [3.05, 3.63) is 35.6 Å². The minimum atomic E-state index is -0.922. The summed E-state index contributed by atoms with van der Waals surface area (Å²) in [4.78, 5) is 24.2. The van der Waals surface area contributed by atoms with Crippen LogP contribution in [0.15, 0.2) is 24.3 Å². The normalized spacial score (nSPS) is 11.8. The molecule has 0 saturated heterocycles. The minimum Gasteiger partial charge on any atom is -0.481 e. The summed E-state index contributed by atoms with van der Waals surface area (Å²) in [6.07, 6.45) is 1.24. The molecule has 0 aromatic heterocycles. The molecule has 1 aromatic rings. The minimum absolute atomic E-state index is 0.0730. The van der Waals surface area contributed by atoms with E-state index < -0.39 is 17.9 Å². The molecule has 0 fully saturated rings. The Kier molecular flexibility index (Phi) is 6.65. The highest BCUT2D eigenvalue weighted by Gasteiger charge is 2.18. The van der Waals surface area contributed by atoms with Gasteiger partial charge in [0.1, 0.15) is 5.82 Å². The number of urea groups is 1. The number of halogens is 1. The van der Waals surface area contributed by atoms with E-state index in [1.165, 1.54) is 18.0 Å². The summed E-state index contributed by atoms with van der Waals surface area (Å²) in [5.41, 5.74) is 0.415. The molecule has 0 heterocycles. The molecule has 0 saturated carbocycles. The van der Waals surface area contributed by atoms with Crippen molar-refractivity contribution in [2.75, 3.05) is 13.6 Å². The SMILES string of the molecule is CCCC(CNC(=O)N(C)Cc1ccccc1F)C(=O)O. The van der Waals surface area contributed by atoms with E-state index in [1.54, 1.807) is 18.2 Å². The Labute approximate surface area is 123 Å². The number of rotatable bonds is 7. The molecule has 5 nitrogen and oxygen atoms in total. The van der Waals surface area contributed by atoms with Crippen molar-refractivity contribution >= 4 is 12.0 Å². The molecular weight excluding hydrogens is 275 g/mol. The second-order valence-electron chi connectivity index (χ2n) is 4.96. The number of carboxylic acids is 1. The van der Waals surface area contributed by atoms with Gasteiger partial charge in [-0.1, -0.05) is 31.5 Å². The molecule has 0 spiro atoms. The van der Waals surface area contributed by atoms with E-state index in [2.05, 4.69) is 5.32 Å². The quantitative estimate of drug-likeness (QED) is 0.812. The van der Waals surface area contributed by atoms with Crippen LogP contribution in [-0.2, 0) is 11.3 Å². The summed E-state index contributed by atoms with van der Waals surface area (Å²) >= 11 is 0. The first kappa shape index (κ1) is 16.9. The largest absolute Gasteiger partial charge is 0.481 e. The summed E-state index contributed by atoms with van der Waals surface area (Å²) in [5.74, 6) is -1.89. The predicted octanol–water partition coefficient (Wildman–Crippen LogP) is 2.47. The third kappa shape index (κ3) is 5.41. The lowest BCUT2D eigenvalue weighted by Crippen LogP contribution is -2.40. The number of aliphatic carboxylic acids is 1. The van der Waals surface area contributed by atoms with Crippen LogP contribution in [0, 0.1) is 11.7 Å². The molecule has 1 atom stereocenters. The predicted molar refractivity (Wildman–Crippen MR) is 77.3 cm³/mol. The Balaban J connectivity index is 2.51. The maximum Gasteiger partial charge on any atom is 0.317 e. The first-order valence-corrected chi connectivity index (χ1v) is 6.90. The van der Waals surface area contributed by atoms with E-state index in [4.69, 9.17) is 5.11 Å². The fourth-order valence-corrected chi connectivity index (χ4v) is 1.96. The van der Waals surface area contributed by atoms with Crippen molar-refractivity contribution in [2.24, 2.45) is 5.92 Å². The second kappa shape index (κ2) is 8.24. The summed E-state index contributed by atoms with van der Waals surface area (Å²) in [6.45, 7) is 2.09. The Hall–Kier alpha value is -2.11. The van der Waals surface area contributed by atoms with Crippen LogP contribution < -0.4 is 5.32 Å². The van der Waals surface area contributed by atoms with Crippen LogP contribution in [-0.4, -0.2) is 35.6 Å². The molecule has 0 aliphatic carbocycles. The number of carbonyl (C=O) groups excluding carboxylic acids is 1. The topological polar surface area (TPSA) is 69.6 Å². The zero-order valence-electron chi connectivity index (χ0n) is 12.3. The number of nitrogens with zero attached hydrogens (tertiary/aromatic N) is 1. The van der Waals surface area contributed by atoms with Gasteiger partial charge < -0.3 is 15.3 Å². The number of hydrogen-bond acceptors (Lipinski definition) is 2. The average Bonchev–Trinajstić information content (AvgIpc) is 2.45. The summed E-state index contributed by atoms with van der Waals surface area (Å²) in [6, 6.07) is 5.81. The van der Waals surface area contributed by atoms with Crippen LogP contribution in [0.25, 0.3) is 0 Å². The maximum absolute atomic E-state index is 13.5. The Morgan fingerprint density at radius 3 is 2.62 bits per heavy atom. The van der Waals surface area contributed by atoms with Crippen LogP contribution in [0.5, 0.6) is 0 Å². The molecular formula is C15H21FN2O3. The lowest BCUT2D eigenvalue weighted by molar-refractivity contribution is -0.141. The highest BCUT2D eigenvalue weighted by molar-refractivity contribution is 5.75. The van der Waals surface area contributed by atoms with Gasteiger partial charge in [0.05, 0.1) is 5.92 Å². The van der Waals surface area contributed by atoms with Gasteiger partial charge in [-0.05, 0) is 12.5 Å². The number of carbonyl (C=O) groups is 2. The van der Waals surface area contributed by atoms with Gasteiger partial charge >= 0.3 is 12.0 Å². The lowest BCUT2D eigenvalue weighted by atomic mass is 10.0. The van der Waals surface area contributed by atoms with Gasteiger partial charge in [-0.15, -0.1) is 0 Å². The second-order valence-corrected chi connectivity index (χ2v) is 4.96. The number of carboxylic acid groups (broad SMARTS) is 1. The van der Waals surface area contributed by atoms with E-state index in [1.807, 2.05) is 6.92 Å². The van der Waals surface area contributed by atoms with Crippen molar-refractivity contribution in [1.82, 2.24) is 10.2 Å².